The molecule has 0 rings (SSSR count). The van der Waals surface area contributed by atoms with Gasteiger partial charge in [0.05, 0.1) is 6.61 Å². The maximum absolute atomic E-state index is 11.1. The van der Waals surface area contributed by atoms with Crippen LogP contribution in [0.1, 0.15) is 27.7 Å². The molecule has 6 nitrogen and oxygen atoms in total. The summed E-state index contributed by atoms with van der Waals surface area (Å²) in [4.78, 5) is 26.2. The first kappa shape index (κ1) is 13.7. The normalized spacial score (nSPS) is 10.7. The number of amides is 2. The number of ether oxygens (including phenoxy) is 1. The SMILES string of the molecule is CC(=O)NOCCNC(=O)OC(C)(C)C. The second kappa shape index (κ2) is 6.23. The highest BCUT2D eigenvalue weighted by atomic mass is 16.7. The molecule has 0 heterocycles. The van der Waals surface area contributed by atoms with E-state index in [1.54, 1.807) is 20.8 Å². The molecule has 0 unspecified atom stereocenters. The van der Waals surface area contributed by atoms with Gasteiger partial charge in [-0.15, -0.1) is 0 Å². The predicted molar refractivity (Wildman–Crippen MR) is 54.0 cm³/mol. The fraction of sp³-hybridized carbons (Fsp3) is 0.778. The maximum Gasteiger partial charge on any atom is 0.407 e. The van der Waals surface area contributed by atoms with Gasteiger partial charge in [-0.2, -0.15) is 0 Å². The average molecular weight is 218 g/mol. The number of hydrogen-bond acceptors (Lipinski definition) is 4. The van der Waals surface area contributed by atoms with Crippen molar-refractivity contribution in [2.45, 2.75) is 33.3 Å². The lowest BCUT2D eigenvalue weighted by Gasteiger charge is -2.19. The van der Waals surface area contributed by atoms with Crippen molar-refractivity contribution in [2.75, 3.05) is 13.2 Å². The molecule has 0 bridgehead atoms. The summed E-state index contributed by atoms with van der Waals surface area (Å²) in [5, 5.41) is 2.48. The van der Waals surface area contributed by atoms with Gasteiger partial charge in [0.15, 0.2) is 0 Å². The molecule has 0 spiro atoms. The third-order valence-electron chi connectivity index (χ3n) is 1.09. The highest BCUT2D eigenvalue weighted by Gasteiger charge is 2.15. The van der Waals surface area contributed by atoms with Crippen LogP contribution in [0.15, 0.2) is 0 Å². The monoisotopic (exact) mass is 218 g/mol. The second-order valence-corrected chi connectivity index (χ2v) is 3.94. The van der Waals surface area contributed by atoms with Crippen molar-refractivity contribution in [1.82, 2.24) is 10.8 Å². The summed E-state index contributed by atoms with van der Waals surface area (Å²) in [6.45, 7) is 7.14. The van der Waals surface area contributed by atoms with Crippen LogP contribution >= 0.6 is 0 Å². The van der Waals surface area contributed by atoms with Crippen molar-refractivity contribution in [1.29, 1.82) is 0 Å². The van der Waals surface area contributed by atoms with Crippen LogP contribution < -0.4 is 10.8 Å². The van der Waals surface area contributed by atoms with Crippen LogP contribution in [-0.2, 0) is 14.4 Å². The fourth-order valence-electron chi connectivity index (χ4n) is 0.671. The minimum Gasteiger partial charge on any atom is -0.444 e. The van der Waals surface area contributed by atoms with E-state index in [1.165, 1.54) is 6.92 Å². The van der Waals surface area contributed by atoms with Crippen molar-refractivity contribution in [3.63, 3.8) is 0 Å². The zero-order chi connectivity index (χ0) is 11.9. The molecule has 15 heavy (non-hydrogen) atoms. The number of nitrogens with one attached hydrogen (secondary N) is 2. The molecule has 0 aromatic rings. The van der Waals surface area contributed by atoms with Gasteiger partial charge in [-0.1, -0.05) is 0 Å². The van der Waals surface area contributed by atoms with E-state index in [0.717, 1.165) is 0 Å². The Balaban J connectivity index is 3.44. The molecule has 2 amide bonds. The van der Waals surface area contributed by atoms with Crippen molar-refractivity contribution >= 4 is 12.0 Å². The number of hydrogen-bond donors (Lipinski definition) is 2. The van der Waals surface area contributed by atoms with Crippen LogP contribution in [0.4, 0.5) is 4.79 Å². The van der Waals surface area contributed by atoms with E-state index in [0.29, 0.717) is 0 Å². The topological polar surface area (TPSA) is 76.7 Å². The highest BCUT2D eigenvalue weighted by Crippen LogP contribution is 2.05. The molecular formula is C9H18N2O4. The summed E-state index contributed by atoms with van der Waals surface area (Å²) in [7, 11) is 0. The molecule has 0 aliphatic heterocycles. The summed E-state index contributed by atoms with van der Waals surface area (Å²) >= 11 is 0. The van der Waals surface area contributed by atoms with Crippen LogP contribution in [-0.4, -0.2) is 30.8 Å². The Morgan fingerprint density at radius 1 is 1.27 bits per heavy atom. The Morgan fingerprint density at radius 3 is 2.33 bits per heavy atom. The lowest BCUT2D eigenvalue weighted by molar-refractivity contribution is -0.131. The Bertz CT molecular complexity index is 223. The number of hydroxylamine groups is 1. The van der Waals surface area contributed by atoms with Crippen molar-refractivity contribution in [3.8, 4) is 0 Å². The molecule has 2 N–H and O–H groups in total. The van der Waals surface area contributed by atoms with E-state index in [9.17, 15) is 9.59 Å². The van der Waals surface area contributed by atoms with Crippen LogP contribution in [0, 0.1) is 0 Å². The maximum atomic E-state index is 11.1. The third-order valence-corrected chi connectivity index (χ3v) is 1.09. The van der Waals surface area contributed by atoms with Crippen molar-refractivity contribution in [3.05, 3.63) is 0 Å². The largest absolute Gasteiger partial charge is 0.444 e. The van der Waals surface area contributed by atoms with E-state index in [1.807, 2.05) is 0 Å². The molecule has 0 saturated carbocycles. The smallest absolute Gasteiger partial charge is 0.407 e. The van der Waals surface area contributed by atoms with Crippen LogP contribution in [0.2, 0.25) is 0 Å². The minimum absolute atomic E-state index is 0.193. The molecule has 0 aromatic heterocycles. The number of carbonyl (C=O) groups excluding carboxylic acids is 2. The molecule has 0 radical (unpaired) electrons. The summed E-state index contributed by atoms with van der Waals surface area (Å²) < 4.78 is 4.97. The van der Waals surface area contributed by atoms with Gasteiger partial charge in [0.2, 0.25) is 5.91 Å². The standard InChI is InChI=1S/C9H18N2O4/c1-7(12)11-14-6-5-10-8(13)15-9(2,3)4/h5-6H2,1-4H3,(H,10,13)(H,11,12). The Morgan fingerprint density at radius 2 is 1.87 bits per heavy atom. The number of alkyl carbamates (subject to hydrolysis) is 1. The first-order valence-electron chi connectivity index (χ1n) is 4.66. The van der Waals surface area contributed by atoms with Gasteiger partial charge in [0.1, 0.15) is 5.60 Å². The lowest BCUT2D eigenvalue weighted by atomic mass is 10.2. The number of rotatable bonds is 4. The highest BCUT2D eigenvalue weighted by molar-refractivity contribution is 5.71. The zero-order valence-electron chi connectivity index (χ0n) is 9.55. The first-order valence-corrected chi connectivity index (χ1v) is 4.66. The third kappa shape index (κ3) is 10.6. The first-order chi connectivity index (χ1) is 6.81. The van der Waals surface area contributed by atoms with E-state index in [4.69, 9.17) is 9.57 Å². The summed E-state index contributed by atoms with van der Waals surface area (Å²) in [5.74, 6) is -0.285. The van der Waals surface area contributed by atoms with Gasteiger partial charge < -0.3 is 10.1 Å². The molecule has 0 aromatic carbocycles. The molecule has 0 fully saturated rings. The average Bonchev–Trinajstić information content (AvgIpc) is 1.99. The van der Waals surface area contributed by atoms with Gasteiger partial charge in [0, 0.05) is 13.5 Å². The second-order valence-electron chi connectivity index (χ2n) is 3.94. The van der Waals surface area contributed by atoms with E-state index in [-0.39, 0.29) is 19.1 Å². The van der Waals surface area contributed by atoms with Crippen molar-refractivity contribution in [2.24, 2.45) is 0 Å². The van der Waals surface area contributed by atoms with Gasteiger partial charge >= 0.3 is 6.09 Å². The molecule has 88 valence electrons. The number of carbonyl (C=O) groups is 2. The summed E-state index contributed by atoms with van der Waals surface area (Å²) in [5.41, 5.74) is 1.63. The van der Waals surface area contributed by atoms with Crippen LogP contribution in [0.25, 0.3) is 0 Å². The Kier molecular flexibility index (Phi) is 5.69. The quantitative estimate of drug-likeness (QED) is 0.534. The van der Waals surface area contributed by atoms with Gasteiger partial charge in [-0.05, 0) is 20.8 Å². The summed E-state index contributed by atoms with van der Waals surface area (Å²) in [6.07, 6.45) is -0.506. The van der Waals surface area contributed by atoms with Gasteiger partial charge in [0.25, 0.3) is 0 Å². The van der Waals surface area contributed by atoms with Crippen LogP contribution in [0.3, 0.4) is 0 Å². The molecular weight excluding hydrogens is 200 g/mol. The van der Waals surface area contributed by atoms with Crippen LogP contribution in [0.5, 0.6) is 0 Å². The van der Waals surface area contributed by atoms with E-state index in [2.05, 4.69) is 10.8 Å². The molecule has 0 atom stereocenters. The molecule has 0 aliphatic carbocycles. The van der Waals surface area contributed by atoms with E-state index < -0.39 is 11.7 Å². The van der Waals surface area contributed by atoms with E-state index >= 15 is 0 Å². The molecule has 0 saturated heterocycles. The van der Waals surface area contributed by atoms with Crippen molar-refractivity contribution < 1.29 is 19.2 Å². The van der Waals surface area contributed by atoms with Gasteiger partial charge in [-0.3, -0.25) is 9.63 Å². The summed E-state index contributed by atoms with van der Waals surface area (Å²) in [6, 6.07) is 0. The zero-order valence-corrected chi connectivity index (χ0v) is 9.55. The Labute approximate surface area is 89.3 Å². The predicted octanol–water partition coefficient (Wildman–Crippen LogP) is 0.579. The molecule has 6 heteroatoms. The molecule has 0 aliphatic rings. The Hall–Kier alpha value is -1.30. The lowest BCUT2D eigenvalue weighted by Crippen LogP contribution is -2.35. The van der Waals surface area contributed by atoms with Gasteiger partial charge in [-0.25, -0.2) is 10.3 Å². The minimum atomic E-state index is -0.511. The fourth-order valence-corrected chi connectivity index (χ4v) is 0.671.